The van der Waals surface area contributed by atoms with Gasteiger partial charge in [-0.3, -0.25) is 4.90 Å². The van der Waals surface area contributed by atoms with Crippen LogP contribution in [0.2, 0.25) is 5.02 Å². The van der Waals surface area contributed by atoms with Gasteiger partial charge in [0.05, 0.1) is 6.39 Å². The predicted molar refractivity (Wildman–Crippen MR) is 64.3 cm³/mol. The van der Waals surface area contributed by atoms with Crippen molar-refractivity contribution in [2.45, 2.75) is 12.3 Å². The highest BCUT2D eigenvalue weighted by Gasteiger charge is 2.39. The number of ether oxygens (including phenoxy) is 1. The molecule has 7 heteroatoms. The SMILES string of the molecule is [2H]C1(O)c2cc(Br)cc(Cl)c2OC1N(C)C(=O)O. The molecular formula is C10H9BrClNO4. The fourth-order valence-electron chi connectivity index (χ4n) is 1.53. The van der Waals surface area contributed by atoms with Crippen molar-refractivity contribution in [1.82, 2.24) is 4.90 Å². The van der Waals surface area contributed by atoms with Gasteiger partial charge >= 0.3 is 6.09 Å². The Morgan fingerprint density at radius 2 is 2.35 bits per heavy atom. The van der Waals surface area contributed by atoms with Crippen LogP contribution in [0.1, 0.15) is 13.0 Å². The van der Waals surface area contributed by atoms with Crippen molar-refractivity contribution >= 4 is 33.6 Å². The summed E-state index contributed by atoms with van der Waals surface area (Å²) in [4.78, 5) is 11.6. The van der Waals surface area contributed by atoms with E-state index in [1.165, 1.54) is 13.1 Å². The Bertz CT molecular complexity index is 525. The van der Waals surface area contributed by atoms with Crippen molar-refractivity contribution in [1.29, 1.82) is 0 Å². The molecule has 2 unspecified atom stereocenters. The highest BCUT2D eigenvalue weighted by atomic mass is 79.9. The third kappa shape index (κ3) is 2.08. The topological polar surface area (TPSA) is 70.0 Å². The Labute approximate surface area is 112 Å². The number of likely N-dealkylation sites (N-methyl/N-ethyl adjacent to an activating group) is 1. The standard InChI is InChI=1S/C10H9BrClNO4/c1-13(10(15)16)9-7(14)5-2-4(11)3-6(12)8(5)17-9/h2-3,7,9,14H,1H3,(H,15,16)/i7D. The normalized spacial score (nSPS) is 27.1. The monoisotopic (exact) mass is 322 g/mol. The second kappa shape index (κ2) is 4.36. The Morgan fingerprint density at radius 3 is 2.94 bits per heavy atom. The molecule has 0 saturated carbocycles. The van der Waals surface area contributed by atoms with Crippen LogP contribution in [0.5, 0.6) is 5.75 Å². The van der Waals surface area contributed by atoms with Crippen LogP contribution in [0.4, 0.5) is 4.79 Å². The second-order valence-corrected chi connectivity index (χ2v) is 4.84. The minimum Gasteiger partial charge on any atom is -0.465 e. The summed E-state index contributed by atoms with van der Waals surface area (Å²) in [5.41, 5.74) is 0.125. The lowest BCUT2D eigenvalue weighted by Gasteiger charge is -2.23. The summed E-state index contributed by atoms with van der Waals surface area (Å²) in [6.07, 6.45) is -4.89. The molecular weight excluding hydrogens is 313 g/mol. The lowest BCUT2D eigenvalue weighted by molar-refractivity contribution is -0.0224. The third-order valence-electron chi connectivity index (χ3n) is 2.40. The average molecular weight is 324 g/mol. The molecule has 1 aliphatic rings. The molecule has 0 aliphatic carbocycles. The maximum absolute atomic E-state index is 10.9. The molecule has 0 saturated heterocycles. The molecule has 0 bridgehead atoms. The highest BCUT2D eigenvalue weighted by Crippen LogP contribution is 2.44. The molecule has 5 nitrogen and oxygen atoms in total. The van der Waals surface area contributed by atoms with Crippen LogP contribution < -0.4 is 4.74 Å². The lowest BCUT2D eigenvalue weighted by Crippen LogP contribution is -2.41. The Kier molecular flexibility index (Phi) is 2.85. The van der Waals surface area contributed by atoms with Crippen LogP contribution in [0, 0.1) is 0 Å². The summed E-state index contributed by atoms with van der Waals surface area (Å²) in [5, 5.41) is 19.2. The number of aliphatic hydroxyl groups is 1. The molecule has 2 atom stereocenters. The molecule has 0 radical (unpaired) electrons. The molecule has 2 rings (SSSR count). The van der Waals surface area contributed by atoms with E-state index in [9.17, 15) is 9.90 Å². The van der Waals surface area contributed by atoms with Crippen molar-refractivity contribution in [2.75, 3.05) is 7.05 Å². The summed E-state index contributed by atoms with van der Waals surface area (Å²) < 4.78 is 13.7. The first kappa shape index (κ1) is 11.1. The van der Waals surface area contributed by atoms with Crippen molar-refractivity contribution in [3.05, 3.63) is 27.2 Å². The maximum atomic E-state index is 10.9. The van der Waals surface area contributed by atoms with Crippen molar-refractivity contribution in [2.24, 2.45) is 0 Å². The Hall–Kier alpha value is -0.980. The van der Waals surface area contributed by atoms with E-state index in [2.05, 4.69) is 15.9 Å². The molecule has 17 heavy (non-hydrogen) atoms. The van der Waals surface area contributed by atoms with Crippen LogP contribution in [0.3, 0.4) is 0 Å². The van der Waals surface area contributed by atoms with Gasteiger partial charge in [0.1, 0.15) is 11.8 Å². The number of hydrogen-bond acceptors (Lipinski definition) is 3. The average Bonchev–Trinajstić information content (AvgIpc) is 2.50. The molecule has 1 aromatic rings. The molecule has 92 valence electrons. The second-order valence-electron chi connectivity index (χ2n) is 3.51. The van der Waals surface area contributed by atoms with Crippen LogP contribution >= 0.6 is 27.5 Å². The number of nitrogens with zero attached hydrogens (tertiary/aromatic N) is 1. The number of halogens is 2. The minimum atomic E-state index is -2.21. The largest absolute Gasteiger partial charge is 0.465 e. The van der Waals surface area contributed by atoms with E-state index < -0.39 is 18.4 Å². The van der Waals surface area contributed by atoms with Gasteiger partial charge in [0.2, 0.25) is 6.23 Å². The minimum absolute atomic E-state index is 0.121. The molecule has 0 spiro atoms. The van der Waals surface area contributed by atoms with E-state index >= 15 is 0 Å². The number of fused-ring (bicyclic) bond motifs is 1. The van der Waals surface area contributed by atoms with Gasteiger partial charge in [-0.15, -0.1) is 0 Å². The zero-order valence-corrected chi connectivity index (χ0v) is 11.0. The van der Waals surface area contributed by atoms with Gasteiger partial charge in [0.25, 0.3) is 0 Å². The van der Waals surface area contributed by atoms with E-state index in [1.807, 2.05) is 0 Å². The first-order valence-electron chi connectivity index (χ1n) is 5.09. The quantitative estimate of drug-likeness (QED) is 0.833. The van der Waals surface area contributed by atoms with Crippen molar-refractivity contribution in [3.63, 3.8) is 0 Å². The van der Waals surface area contributed by atoms with Gasteiger partial charge < -0.3 is 14.9 Å². The number of rotatable bonds is 1. The number of benzene rings is 1. The smallest absolute Gasteiger partial charge is 0.410 e. The first-order valence-corrected chi connectivity index (χ1v) is 5.76. The van der Waals surface area contributed by atoms with Gasteiger partial charge in [0, 0.05) is 17.1 Å². The number of amides is 1. The fraction of sp³-hybridized carbons (Fsp3) is 0.300. The highest BCUT2D eigenvalue weighted by molar-refractivity contribution is 9.10. The maximum Gasteiger partial charge on any atom is 0.410 e. The van der Waals surface area contributed by atoms with Gasteiger partial charge in [-0.1, -0.05) is 27.5 Å². The first-order chi connectivity index (χ1) is 8.25. The number of hydrogen-bond donors (Lipinski definition) is 2. The number of carbonyl (C=O) groups is 1. The van der Waals surface area contributed by atoms with Gasteiger partial charge in [-0.25, -0.2) is 4.79 Å². The van der Waals surface area contributed by atoms with Gasteiger partial charge in [-0.05, 0) is 12.1 Å². The van der Waals surface area contributed by atoms with E-state index in [-0.39, 0.29) is 16.3 Å². The van der Waals surface area contributed by atoms with E-state index in [4.69, 9.17) is 22.8 Å². The zero-order valence-electron chi connectivity index (χ0n) is 9.65. The number of carboxylic acid groups (broad SMARTS) is 1. The van der Waals surface area contributed by atoms with Gasteiger partial charge in [-0.2, -0.15) is 0 Å². The third-order valence-corrected chi connectivity index (χ3v) is 3.14. The molecule has 1 heterocycles. The lowest BCUT2D eigenvalue weighted by atomic mass is 10.1. The van der Waals surface area contributed by atoms with Crippen molar-refractivity contribution < 1.29 is 21.1 Å². The molecule has 1 amide bonds. The zero-order chi connectivity index (χ0) is 13.7. The molecule has 0 aromatic heterocycles. The van der Waals surface area contributed by atoms with E-state index in [1.54, 1.807) is 6.07 Å². The van der Waals surface area contributed by atoms with Crippen LogP contribution in [0.25, 0.3) is 0 Å². The predicted octanol–water partition coefficient (Wildman–Crippen LogP) is 2.46. The van der Waals surface area contributed by atoms with E-state index in [0.29, 0.717) is 4.47 Å². The van der Waals surface area contributed by atoms with Crippen LogP contribution in [-0.2, 0) is 0 Å². The van der Waals surface area contributed by atoms with E-state index in [0.717, 1.165) is 4.90 Å². The molecule has 1 aromatic carbocycles. The molecule has 2 N–H and O–H groups in total. The van der Waals surface area contributed by atoms with Gasteiger partial charge in [0.15, 0.2) is 0 Å². The Morgan fingerprint density at radius 1 is 1.71 bits per heavy atom. The summed E-state index contributed by atoms with van der Waals surface area (Å²) >= 11 is 9.13. The summed E-state index contributed by atoms with van der Waals surface area (Å²) in [6, 6.07) is 3.02. The summed E-state index contributed by atoms with van der Waals surface area (Å²) in [5.74, 6) is 0.121. The van der Waals surface area contributed by atoms with Crippen LogP contribution in [-0.4, -0.2) is 34.5 Å². The van der Waals surface area contributed by atoms with Crippen LogP contribution in [0.15, 0.2) is 16.6 Å². The molecule has 1 aliphatic heterocycles. The molecule has 0 fully saturated rings. The van der Waals surface area contributed by atoms with Crippen molar-refractivity contribution in [3.8, 4) is 5.75 Å². The Balaban J connectivity index is 2.51. The fourth-order valence-corrected chi connectivity index (χ4v) is 2.39. The summed E-state index contributed by atoms with van der Waals surface area (Å²) in [6.45, 7) is 0. The summed E-state index contributed by atoms with van der Waals surface area (Å²) in [7, 11) is 1.21.